The largest absolute Gasteiger partial charge is 0.487 e. The number of carboxylic acids is 1. The highest BCUT2D eigenvalue weighted by Crippen LogP contribution is 2.39. The summed E-state index contributed by atoms with van der Waals surface area (Å²) in [6.45, 7) is 6.52. The molecule has 0 radical (unpaired) electrons. The number of para-hydroxylation sites is 1. The molecule has 0 saturated heterocycles. The van der Waals surface area contributed by atoms with Gasteiger partial charge in [0.25, 0.3) is 0 Å². The quantitative estimate of drug-likeness (QED) is 0.858. The zero-order valence-electron chi connectivity index (χ0n) is 11.0. The fraction of sp³-hybridized carbons (Fsp3) is 0.500. The van der Waals surface area contributed by atoms with Crippen molar-refractivity contribution < 1.29 is 14.6 Å². The number of rotatable bonds is 4. The molecule has 1 aliphatic heterocycles. The second kappa shape index (κ2) is 4.61. The lowest BCUT2D eigenvalue weighted by atomic mass is 9.98. The summed E-state index contributed by atoms with van der Waals surface area (Å²) in [6.07, 6.45) is 0.814. The van der Waals surface area contributed by atoms with Crippen LogP contribution in [0.3, 0.4) is 0 Å². The lowest BCUT2D eigenvalue weighted by molar-refractivity contribution is -0.139. The van der Waals surface area contributed by atoms with Crippen molar-refractivity contribution in [2.24, 2.45) is 0 Å². The molecule has 0 saturated carbocycles. The summed E-state index contributed by atoms with van der Waals surface area (Å²) in [6, 6.07) is 5.01. The van der Waals surface area contributed by atoms with Gasteiger partial charge < -0.3 is 15.2 Å². The summed E-state index contributed by atoms with van der Waals surface area (Å²) < 4.78 is 5.90. The monoisotopic (exact) mass is 249 g/mol. The van der Waals surface area contributed by atoms with Crippen LogP contribution in [0.4, 0.5) is 0 Å². The van der Waals surface area contributed by atoms with E-state index < -0.39 is 12.0 Å². The molecule has 2 N–H and O–H groups in total. The number of carbonyl (C=O) groups is 1. The summed E-state index contributed by atoms with van der Waals surface area (Å²) in [7, 11) is 0. The highest BCUT2D eigenvalue weighted by molar-refractivity contribution is 5.77. The fourth-order valence-electron chi connectivity index (χ4n) is 2.40. The first-order valence-corrected chi connectivity index (χ1v) is 6.21. The van der Waals surface area contributed by atoms with E-state index in [-0.39, 0.29) is 5.60 Å². The predicted molar refractivity (Wildman–Crippen MR) is 68.9 cm³/mol. The van der Waals surface area contributed by atoms with E-state index >= 15 is 0 Å². The van der Waals surface area contributed by atoms with Gasteiger partial charge in [-0.3, -0.25) is 4.79 Å². The van der Waals surface area contributed by atoms with Crippen molar-refractivity contribution in [1.29, 1.82) is 0 Å². The van der Waals surface area contributed by atoms with Gasteiger partial charge in [-0.15, -0.1) is 0 Å². The van der Waals surface area contributed by atoms with Crippen LogP contribution in [0.5, 0.6) is 5.75 Å². The van der Waals surface area contributed by atoms with E-state index in [1.54, 1.807) is 0 Å². The molecule has 4 heteroatoms. The number of ether oxygens (including phenoxy) is 1. The minimum absolute atomic E-state index is 0.256. The number of hydrogen-bond acceptors (Lipinski definition) is 3. The molecule has 98 valence electrons. The number of likely N-dealkylation sites (N-methyl/N-ethyl adjacent to an activating group) is 1. The molecule has 1 aromatic rings. The van der Waals surface area contributed by atoms with E-state index in [0.717, 1.165) is 17.7 Å². The van der Waals surface area contributed by atoms with Gasteiger partial charge in [0.1, 0.15) is 17.4 Å². The van der Waals surface area contributed by atoms with Crippen LogP contribution in [0.25, 0.3) is 0 Å². The molecule has 0 spiro atoms. The van der Waals surface area contributed by atoms with Gasteiger partial charge in [0.05, 0.1) is 0 Å². The maximum Gasteiger partial charge on any atom is 0.325 e. The van der Waals surface area contributed by atoms with Gasteiger partial charge in [-0.1, -0.05) is 25.1 Å². The van der Waals surface area contributed by atoms with Crippen LogP contribution in [0, 0.1) is 0 Å². The molecule has 0 amide bonds. The summed E-state index contributed by atoms with van der Waals surface area (Å²) in [4.78, 5) is 11.3. The Hall–Kier alpha value is -1.55. The number of carboxylic acid groups (broad SMARTS) is 1. The number of aliphatic carboxylic acids is 1. The third-order valence-corrected chi connectivity index (χ3v) is 3.09. The molecule has 1 aromatic carbocycles. The highest BCUT2D eigenvalue weighted by Gasteiger charge is 2.34. The Balaban J connectivity index is 2.41. The molecule has 0 fully saturated rings. The Morgan fingerprint density at radius 2 is 2.28 bits per heavy atom. The molecule has 1 heterocycles. The van der Waals surface area contributed by atoms with Gasteiger partial charge >= 0.3 is 5.97 Å². The lowest BCUT2D eigenvalue weighted by Crippen LogP contribution is -2.29. The van der Waals surface area contributed by atoms with Gasteiger partial charge in [0, 0.05) is 12.0 Å². The Morgan fingerprint density at radius 3 is 2.89 bits per heavy atom. The van der Waals surface area contributed by atoms with Crippen molar-refractivity contribution in [3.05, 3.63) is 29.3 Å². The number of hydrogen-bond donors (Lipinski definition) is 2. The van der Waals surface area contributed by atoms with Crippen molar-refractivity contribution in [3.8, 4) is 5.75 Å². The number of nitrogens with one attached hydrogen (secondary N) is 1. The molecule has 4 nitrogen and oxygen atoms in total. The summed E-state index contributed by atoms with van der Waals surface area (Å²) >= 11 is 0. The second-order valence-corrected chi connectivity index (χ2v) is 5.20. The SMILES string of the molecule is CCNC(C(=O)O)c1cccc2c1OC(C)(C)C2. The summed E-state index contributed by atoms with van der Waals surface area (Å²) in [5.74, 6) is -0.144. The molecule has 2 rings (SSSR count). The zero-order valence-corrected chi connectivity index (χ0v) is 11.0. The van der Waals surface area contributed by atoms with Crippen molar-refractivity contribution >= 4 is 5.97 Å². The molecule has 1 aliphatic rings. The first kappa shape index (κ1) is 12.9. The maximum atomic E-state index is 11.3. The molecule has 1 atom stereocenters. The van der Waals surface area contributed by atoms with Crippen LogP contribution in [-0.2, 0) is 11.2 Å². The van der Waals surface area contributed by atoms with Gasteiger partial charge in [0.15, 0.2) is 0 Å². The lowest BCUT2D eigenvalue weighted by Gasteiger charge is -2.20. The molecule has 0 aliphatic carbocycles. The van der Waals surface area contributed by atoms with Crippen LogP contribution >= 0.6 is 0 Å². The topological polar surface area (TPSA) is 58.6 Å². The molecule has 0 aromatic heterocycles. The highest BCUT2D eigenvalue weighted by atomic mass is 16.5. The molecule has 0 bridgehead atoms. The number of benzene rings is 1. The Morgan fingerprint density at radius 1 is 1.56 bits per heavy atom. The van der Waals surface area contributed by atoms with Gasteiger partial charge in [0.2, 0.25) is 0 Å². The summed E-state index contributed by atoms with van der Waals surface area (Å²) in [5, 5.41) is 12.3. The Labute approximate surface area is 107 Å². The summed E-state index contributed by atoms with van der Waals surface area (Å²) in [5.41, 5.74) is 1.54. The van der Waals surface area contributed by atoms with Crippen LogP contribution in [0.1, 0.15) is 37.9 Å². The smallest absolute Gasteiger partial charge is 0.325 e. The van der Waals surface area contributed by atoms with Gasteiger partial charge in [-0.2, -0.15) is 0 Å². The van der Waals surface area contributed by atoms with Crippen LogP contribution in [-0.4, -0.2) is 23.2 Å². The normalized spacial score (nSPS) is 17.9. The van der Waals surface area contributed by atoms with E-state index in [1.807, 2.05) is 39.0 Å². The number of fused-ring (bicyclic) bond motifs is 1. The third-order valence-electron chi connectivity index (χ3n) is 3.09. The fourth-order valence-corrected chi connectivity index (χ4v) is 2.40. The predicted octanol–water partition coefficient (Wildman–Crippen LogP) is 2.14. The van der Waals surface area contributed by atoms with Crippen LogP contribution in [0.15, 0.2) is 18.2 Å². The van der Waals surface area contributed by atoms with E-state index in [0.29, 0.717) is 12.1 Å². The third kappa shape index (κ3) is 2.34. The standard InChI is InChI=1S/C14H19NO3/c1-4-15-11(13(16)17)10-7-5-6-9-8-14(2,3)18-12(9)10/h5-7,11,15H,4,8H2,1-3H3,(H,16,17). The van der Waals surface area contributed by atoms with Crippen molar-refractivity contribution in [2.75, 3.05) is 6.54 Å². The minimum atomic E-state index is -0.876. The first-order chi connectivity index (χ1) is 8.44. The average Bonchev–Trinajstić information content (AvgIpc) is 2.59. The van der Waals surface area contributed by atoms with Gasteiger partial charge in [-0.05, 0) is 26.0 Å². The first-order valence-electron chi connectivity index (χ1n) is 6.21. The zero-order chi connectivity index (χ0) is 13.3. The van der Waals surface area contributed by atoms with Crippen molar-refractivity contribution in [3.63, 3.8) is 0 Å². The minimum Gasteiger partial charge on any atom is -0.487 e. The van der Waals surface area contributed by atoms with Crippen LogP contribution < -0.4 is 10.1 Å². The Bertz CT molecular complexity index is 468. The van der Waals surface area contributed by atoms with E-state index in [1.165, 1.54) is 0 Å². The van der Waals surface area contributed by atoms with E-state index in [2.05, 4.69) is 5.32 Å². The Kier molecular flexibility index (Phi) is 3.30. The van der Waals surface area contributed by atoms with E-state index in [9.17, 15) is 9.90 Å². The molecule has 1 unspecified atom stereocenters. The van der Waals surface area contributed by atoms with Gasteiger partial charge in [-0.25, -0.2) is 0 Å². The molecular weight excluding hydrogens is 230 g/mol. The van der Waals surface area contributed by atoms with Crippen molar-refractivity contribution in [1.82, 2.24) is 5.32 Å². The second-order valence-electron chi connectivity index (χ2n) is 5.20. The van der Waals surface area contributed by atoms with Crippen molar-refractivity contribution in [2.45, 2.75) is 38.8 Å². The molecular formula is C14H19NO3. The van der Waals surface area contributed by atoms with Crippen LogP contribution in [0.2, 0.25) is 0 Å². The van der Waals surface area contributed by atoms with E-state index in [4.69, 9.17) is 4.74 Å². The molecule has 18 heavy (non-hydrogen) atoms. The average molecular weight is 249 g/mol. The maximum absolute atomic E-state index is 11.3.